The molecule has 1 aliphatic rings. The second kappa shape index (κ2) is 6.64. The molecule has 1 fully saturated rings. The van der Waals surface area contributed by atoms with Gasteiger partial charge in [-0.3, -0.25) is 9.59 Å². The lowest BCUT2D eigenvalue weighted by molar-refractivity contribution is -0.122. The highest BCUT2D eigenvalue weighted by Gasteiger charge is 2.22. The number of aryl methyl sites for hydroxylation is 1. The quantitative estimate of drug-likeness (QED) is 0.903. The van der Waals surface area contributed by atoms with Gasteiger partial charge in [-0.15, -0.1) is 0 Å². The maximum atomic E-state index is 12.3. The Labute approximate surface area is 134 Å². The van der Waals surface area contributed by atoms with Crippen LogP contribution in [0.5, 0.6) is 0 Å². The largest absolute Gasteiger partial charge is 0.354 e. The molecule has 0 saturated carbocycles. The first-order chi connectivity index (χ1) is 11.1. The van der Waals surface area contributed by atoms with Gasteiger partial charge in [0, 0.05) is 18.3 Å². The zero-order chi connectivity index (χ0) is 16.2. The summed E-state index contributed by atoms with van der Waals surface area (Å²) < 4.78 is 1.76. The number of aromatic nitrogens is 2. The van der Waals surface area contributed by atoms with Crippen LogP contribution in [0.3, 0.4) is 0 Å². The molecule has 1 saturated heterocycles. The van der Waals surface area contributed by atoms with E-state index >= 15 is 0 Å². The molecule has 120 valence electrons. The van der Waals surface area contributed by atoms with E-state index < -0.39 is 6.04 Å². The molecule has 2 N–H and O–H groups in total. The molecule has 1 aromatic carbocycles. The van der Waals surface area contributed by atoms with Crippen LogP contribution in [-0.4, -0.2) is 34.2 Å². The normalized spacial score (nSPS) is 18.1. The van der Waals surface area contributed by atoms with Crippen LogP contribution < -0.4 is 10.6 Å². The lowest BCUT2D eigenvalue weighted by Crippen LogP contribution is -2.45. The number of carbonyl (C=O) groups is 2. The molecule has 2 amide bonds. The van der Waals surface area contributed by atoms with Gasteiger partial charge in [0.05, 0.1) is 11.4 Å². The molecule has 0 aliphatic carbocycles. The standard InChI is InChI=1S/C17H20N4O2/c1-12-9-11-21(20-12)14-7-5-13(6-8-14)16(22)19-15-4-2-3-10-18-17(15)23/h5-9,11,15H,2-4,10H2,1H3,(H,18,23)(H,19,22)/t15-/m0/s1. The Kier molecular flexibility index (Phi) is 4.41. The molecule has 2 aromatic rings. The van der Waals surface area contributed by atoms with Crippen LogP contribution in [0.15, 0.2) is 36.5 Å². The highest BCUT2D eigenvalue weighted by Crippen LogP contribution is 2.11. The van der Waals surface area contributed by atoms with Gasteiger partial charge in [0.1, 0.15) is 6.04 Å². The molecule has 3 rings (SSSR count). The Balaban J connectivity index is 1.69. The summed E-state index contributed by atoms with van der Waals surface area (Å²) in [5.74, 6) is -0.324. The van der Waals surface area contributed by atoms with Crippen molar-refractivity contribution in [2.75, 3.05) is 6.54 Å². The van der Waals surface area contributed by atoms with E-state index in [9.17, 15) is 9.59 Å². The summed E-state index contributed by atoms with van der Waals surface area (Å²) in [5.41, 5.74) is 2.36. The fourth-order valence-corrected chi connectivity index (χ4v) is 2.64. The fraction of sp³-hybridized carbons (Fsp3) is 0.353. The average Bonchev–Trinajstić information content (AvgIpc) is 2.89. The summed E-state index contributed by atoms with van der Waals surface area (Å²) in [4.78, 5) is 24.2. The van der Waals surface area contributed by atoms with Crippen molar-refractivity contribution in [3.63, 3.8) is 0 Å². The van der Waals surface area contributed by atoms with Crippen molar-refractivity contribution in [2.24, 2.45) is 0 Å². The Hall–Kier alpha value is -2.63. The molecule has 1 aliphatic heterocycles. The van der Waals surface area contributed by atoms with E-state index in [0.29, 0.717) is 18.5 Å². The van der Waals surface area contributed by atoms with Crippen LogP contribution in [0.1, 0.15) is 35.3 Å². The Morgan fingerprint density at radius 1 is 1.26 bits per heavy atom. The summed E-state index contributed by atoms with van der Waals surface area (Å²) in [6.07, 6.45) is 4.44. The number of benzene rings is 1. The maximum absolute atomic E-state index is 12.3. The summed E-state index contributed by atoms with van der Waals surface area (Å²) >= 11 is 0. The molecule has 1 atom stereocenters. The number of carbonyl (C=O) groups excluding carboxylic acids is 2. The van der Waals surface area contributed by atoms with Crippen LogP contribution in [0.2, 0.25) is 0 Å². The molecular formula is C17H20N4O2. The van der Waals surface area contributed by atoms with Crippen LogP contribution >= 0.6 is 0 Å². The summed E-state index contributed by atoms with van der Waals surface area (Å²) in [6, 6.07) is 8.65. The van der Waals surface area contributed by atoms with Gasteiger partial charge in [-0.05, 0) is 56.5 Å². The highest BCUT2D eigenvalue weighted by molar-refractivity contribution is 5.97. The number of nitrogens with zero attached hydrogens (tertiary/aromatic N) is 2. The number of rotatable bonds is 3. The maximum Gasteiger partial charge on any atom is 0.251 e. The van der Waals surface area contributed by atoms with Gasteiger partial charge in [0.25, 0.3) is 5.91 Å². The van der Waals surface area contributed by atoms with Gasteiger partial charge in [0.2, 0.25) is 5.91 Å². The Bertz CT molecular complexity index is 706. The lowest BCUT2D eigenvalue weighted by Gasteiger charge is -2.15. The average molecular weight is 312 g/mol. The minimum absolute atomic E-state index is 0.0977. The number of amides is 2. The van der Waals surface area contributed by atoms with Crippen LogP contribution in [0, 0.1) is 6.92 Å². The minimum Gasteiger partial charge on any atom is -0.354 e. The molecule has 0 unspecified atom stereocenters. The van der Waals surface area contributed by atoms with Crippen molar-refractivity contribution < 1.29 is 9.59 Å². The molecule has 1 aromatic heterocycles. The molecule has 0 radical (unpaired) electrons. The fourth-order valence-electron chi connectivity index (χ4n) is 2.64. The third-order valence-corrected chi connectivity index (χ3v) is 3.96. The van der Waals surface area contributed by atoms with Crippen LogP contribution in [0.4, 0.5) is 0 Å². The molecule has 23 heavy (non-hydrogen) atoms. The van der Waals surface area contributed by atoms with E-state index in [2.05, 4.69) is 15.7 Å². The van der Waals surface area contributed by atoms with Crippen molar-refractivity contribution in [1.29, 1.82) is 0 Å². The predicted molar refractivity (Wildman–Crippen MR) is 86.4 cm³/mol. The third-order valence-electron chi connectivity index (χ3n) is 3.96. The topological polar surface area (TPSA) is 76.0 Å². The van der Waals surface area contributed by atoms with E-state index in [1.54, 1.807) is 16.8 Å². The van der Waals surface area contributed by atoms with Crippen molar-refractivity contribution >= 4 is 11.8 Å². The van der Waals surface area contributed by atoms with Crippen LogP contribution in [0.25, 0.3) is 5.69 Å². The molecule has 2 heterocycles. The predicted octanol–water partition coefficient (Wildman–Crippen LogP) is 1.58. The van der Waals surface area contributed by atoms with Gasteiger partial charge < -0.3 is 10.6 Å². The second-order valence-electron chi connectivity index (χ2n) is 5.76. The van der Waals surface area contributed by atoms with Gasteiger partial charge in [-0.2, -0.15) is 5.10 Å². The monoisotopic (exact) mass is 312 g/mol. The SMILES string of the molecule is Cc1ccn(-c2ccc(C(=O)N[C@H]3CCCCNC3=O)cc2)n1. The first-order valence-electron chi connectivity index (χ1n) is 7.85. The first-order valence-corrected chi connectivity index (χ1v) is 7.85. The smallest absolute Gasteiger partial charge is 0.251 e. The van der Waals surface area contributed by atoms with Crippen molar-refractivity contribution in [2.45, 2.75) is 32.2 Å². The zero-order valence-corrected chi connectivity index (χ0v) is 13.1. The summed E-state index contributed by atoms with van der Waals surface area (Å²) in [7, 11) is 0. The van der Waals surface area contributed by atoms with Gasteiger partial charge >= 0.3 is 0 Å². The van der Waals surface area contributed by atoms with E-state index in [4.69, 9.17) is 0 Å². The van der Waals surface area contributed by atoms with Gasteiger partial charge in [0.15, 0.2) is 0 Å². The van der Waals surface area contributed by atoms with E-state index in [-0.39, 0.29) is 11.8 Å². The molecule has 0 bridgehead atoms. The molecule has 0 spiro atoms. The second-order valence-corrected chi connectivity index (χ2v) is 5.76. The van der Waals surface area contributed by atoms with Crippen LogP contribution in [-0.2, 0) is 4.79 Å². The van der Waals surface area contributed by atoms with Crippen molar-refractivity contribution in [1.82, 2.24) is 20.4 Å². The highest BCUT2D eigenvalue weighted by atomic mass is 16.2. The Morgan fingerprint density at radius 2 is 2.04 bits per heavy atom. The van der Waals surface area contributed by atoms with E-state index in [1.807, 2.05) is 31.3 Å². The first kappa shape index (κ1) is 15.3. The number of nitrogens with one attached hydrogen (secondary N) is 2. The third kappa shape index (κ3) is 3.59. The van der Waals surface area contributed by atoms with Crippen molar-refractivity contribution in [3.8, 4) is 5.69 Å². The van der Waals surface area contributed by atoms with E-state index in [1.165, 1.54) is 0 Å². The summed E-state index contributed by atoms with van der Waals surface area (Å²) in [5, 5.41) is 9.97. The molecular weight excluding hydrogens is 292 g/mol. The summed E-state index contributed by atoms with van der Waals surface area (Å²) in [6.45, 7) is 2.61. The zero-order valence-electron chi connectivity index (χ0n) is 13.1. The van der Waals surface area contributed by atoms with Gasteiger partial charge in [-0.25, -0.2) is 4.68 Å². The molecule has 6 nitrogen and oxygen atoms in total. The van der Waals surface area contributed by atoms with Gasteiger partial charge in [-0.1, -0.05) is 0 Å². The lowest BCUT2D eigenvalue weighted by atomic mass is 10.1. The molecule has 6 heteroatoms. The number of hydrogen-bond acceptors (Lipinski definition) is 3. The minimum atomic E-state index is -0.446. The van der Waals surface area contributed by atoms with E-state index in [0.717, 1.165) is 24.2 Å². The number of hydrogen-bond donors (Lipinski definition) is 2. The Morgan fingerprint density at radius 3 is 2.74 bits per heavy atom. The van der Waals surface area contributed by atoms with Crippen molar-refractivity contribution in [3.05, 3.63) is 47.8 Å².